The van der Waals surface area contributed by atoms with Gasteiger partial charge in [-0.15, -0.1) is 5.10 Å². The van der Waals surface area contributed by atoms with Crippen molar-refractivity contribution in [3.05, 3.63) is 40.7 Å². The lowest BCUT2D eigenvalue weighted by molar-refractivity contribution is 0.0602. The Morgan fingerprint density at radius 1 is 1.42 bits per heavy atom. The average molecular weight is 322 g/mol. The summed E-state index contributed by atoms with van der Waals surface area (Å²) in [5.74, 6) is 0.471. The highest BCUT2D eigenvalue weighted by Crippen LogP contribution is 2.23. The zero-order valence-electron chi connectivity index (χ0n) is 9.83. The molecule has 0 fully saturated rings. The molecule has 0 N–H and O–H groups in total. The molecule has 0 saturated carbocycles. The standard InChI is InChI=1S/C12H8BrN3O3/c1-18-12(17)7-3-2-6-16-11(7)14-10(15-16)8-4-5-9(13)19-8/h2-6H,1H3. The van der Waals surface area contributed by atoms with Gasteiger partial charge in [-0.3, -0.25) is 0 Å². The highest BCUT2D eigenvalue weighted by atomic mass is 79.9. The lowest BCUT2D eigenvalue weighted by atomic mass is 10.3. The van der Waals surface area contributed by atoms with Crippen molar-refractivity contribution in [1.82, 2.24) is 14.6 Å². The minimum absolute atomic E-state index is 0.356. The molecule has 0 aliphatic rings. The molecule has 0 aliphatic heterocycles. The van der Waals surface area contributed by atoms with Gasteiger partial charge in [0.1, 0.15) is 5.56 Å². The van der Waals surface area contributed by atoms with Crippen LogP contribution in [0.3, 0.4) is 0 Å². The topological polar surface area (TPSA) is 69.6 Å². The van der Waals surface area contributed by atoms with Crippen LogP contribution in [0.5, 0.6) is 0 Å². The maximum Gasteiger partial charge on any atom is 0.341 e. The Morgan fingerprint density at radius 2 is 2.26 bits per heavy atom. The van der Waals surface area contributed by atoms with Gasteiger partial charge in [0, 0.05) is 6.20 Å². The lowest BCUT2D eigenvalue weighted by Crippen LogP contribution is -2.04. The molecule has 0 atom stereocenters. The predicted molar refractivity (Wildman–Crippen MR) is 69.7 cm³/mol. The number of nitrogens with zero attached hydrogens (tertiary/aromatic N) is 3. The highest BCUT2D eigenvalue weighted by Gasteiger charge is 2.16. The molecule has 96 valence electrons. The van der Waals surface area contributed by atoms with Crippen LogP contribution in [0.25, 0.3) is 17.2 Å². The van der Waals surface area contributed by atoms with Gasteiger partial charge >= 0.3 is 5.97 Å². The Bertz CT molecular complexity index is 763. The quantitative estimate of drug-likeness (QED) is 0.678. The monoisotopic (exact) mass is 321 g/mol. The van der Waals surface area contributed by atoms with Crippen LogP contribution in [-0.4, -0.2) is 27.7 Å². The van der Waals surface area contributed by atoms with Crippen molar-refractivity contribution in [3.8, 4) is 11.6 Å². The number of carbonyl (C=O) groups is 1. The second kappa shape index (κ2) is 4.51. The average Bonchev–Trinajstić information content (AvgIpc) is 3.02. The van der Waals surface area contributed by atoms with Crippen LogP contribution < -0.4 is 0 Å². The van der Waals surface area contributed by atoms with Crippen molar-refractivity contribution >= 4 is 27.5 Å². The Morgan fingerprint density at radius 3 is 2.95 bits per heavy atom. The summed E-state index contributed by atoms with van der Waals surface area (Å²) in [7, 11) is 1.33. The van der Waals surface area contributed by atoms with Gasteiger partial charge in [-0.05, 0) is 40.2 Å². The molecule has 3 heterocycles. The first kappa shape index (κ1) is 11.9. The van der Waals surface area contributed by atoms with Crippen molar-refractivity contribution in [1.29, 1.82) is 0 Å². The van der Waals surface area contributed by atoms with E-state index >= 15 is 0 Å². The number of halogens is 1. The Hall–Kier alpha value is -2.15. The first-order valence-electron chi connectivity index (χ1n) is 5.38. The summed E-state index contributed by atoms with van der Waals surface area (Å²) in [4.78, 5) is 15.9. The summed E-state index contributed by atoms with van der Waals surface area (Å²) in [6.45, 7) is 0. The molecule has 3 aromatic heterocycles. The molecule has 6 nitrogen and oxygen atoms in total. The first-order chi connectivity index (χ1) is 9.19. The maximum absolute atomic E-state index is 11.6. The van der Waals surface area contributed by atoms with Crippen LogP contribution >= 0.6 is 15.9 Å². The molecule has 0 amide bonds. The minimum atomic E-state index is -0.454. The van der Waals surface area contributed by atoms with E-state index in [2.05, 4.69) is 26.0 Å². The summed E-state index contributed by atoms with van der Waals surface area (Å²) < 4.78 is 12.2. The van der Waals surface area contributed by atoms with Gasteiger partial charge < -0.3 is 9.15 Å². The van der Waals surface area contributed by atoms with E-state index in [1.165, 1.54) is 11.6 Å². The maximum atomic E-state index is 11.6. The van der Waals surface area contributed by atoms with Crippen LogP contribution in [0.15, 0.2) is 39.5 Å². The number of carbonyl (C=O) groups excluding carboxylic acids is 1. The summed E-state index contributed by atoms with van der Waals surface area (Å²) >= 11 is 3.22. The molecule has 0 saturated heterocycles. The third kappa shape index (κ3) is 2.01. The van der Waals surface area contributed by atoms with Crippen LogP contribution in [0.4, 0.5) is 0 Å². The summed E-state index contributed by atoms with van der Waals surface area (Å²) in [5, 5.41) is 4.26. The van der Waals surface area contributed by atoms with E-state index in [4.69, 9.17) is 9.15 Å². The Labute approximate surface area is 116 Å². The predicted octanol–water partition coefficient (Wildman–Crippen LogP) is 2.54. The first-order valence-corrected chi connectivity index (χ1v) is 6.18. The van der Waals surface area contributed by atoms with Crippen molar-refractivity contribution in [2.75, 3.05) is 7.11 Å². The number of aromatic nitrogens is 3. The molecule has 3 rings (SSSR count). The van der Waals surface area contributed by atoms with Gasteiger partial charge in [-0.2, -0.15) is 0 Å². The fraction of sp³-hybridized carbons (Fsp3) is 0.0833. The van der Waals surface area contributed by atoms with Crippen LogP contribution in [0, 0.1) is 0 Å². The summed E-state index contributed by atoms with van der Waals surface area (Å²) in [5.41, 5.74) is 0.784. The number of esters is 1. The zero-order chi connectivity index (χ0) is 13.4. The van der Waals surface area contributed by atoms with Crippen molar-refractivity contribution in [3.63, 3.8) is 0 Å². The second-order valence-corrected chi connectivity index (χ2v) is 4.50. The lowest BCUT2D eigenvalue weighted by Gasteiger charge is -1.98. The Balaban J connectivity index is 2.18. The molecule has 7 heteroatoms. The van der Waals surface area contributed by atoms with E-state index in [-0.39, 0.29) is 0 Å². The zero-order valence-corrected chi connectivity index (χ0v) is 11.4. The number of hydrogen-bond donors (Lipinski definition) is 0. The molecule has 0 spiro atoms. The van der Waals surface area contributed by atoms with Crippen LogP contribution in [0.2, 0.25) is 0 Å². The van der Waals surface area contributed by atoms with Crippen LogP contribution in [0.1, 0.15) is 10.4 Å². The Kier molecular flexibility index (Phi) is 2.83. The molecular weight excluding hydrogens is 314 g/mol. The van der Waals surface area contributed by atoms with Crippen LogP contribution in [-0.2, 0) is 4.74 Å². The largest absolute Gasteiger partial charge is 0.465 e. The smallest absolute Gasteiger partial charge is 0.341 e. The van der Waals surface area contributed by atoms with Gasteiger partial charge in [0.2, 0.25) is 5.82 Å². The van der Waals surface area contributed by atoms with Crippen molar-refractivity contribution in [2.45, 2.75) is 0 Å². The van der Waals surface area contributed by atoms with E-state index in [0.29, 0.717) is 27.5 Å². The summed E-state index contributed by atoms with van der Waals surface area (Å²) in [6, 6.07) is 6.84. The summed E-state index contributed by atoms with van der Waals surface area (Å²) in [6.07, 6.45) is 1.70. The molecule has 0 bridgehead atoms. The number of hydrogen-bond acceptors (Lipinski definition) is 5. The number of ether oxygens (including phenoxy) is 1. The minimum Gasteiger partial charge on any atom is -0.465 e. The fourth-order valence-electron chi connectivity index (χ4n) is 1.71. The third-order valence-corrected chi connectivity index (χ3v) is 2.99. The van der Waals surface area contributed by atoms with Gasteiger partial charge in [0.05, 0.1) is 7.11 Å². The van der Waals surface area contributed by atoms with Gasteiger partial charge in [-0.25, -0.2) is 14.3 Å². The van der Waals surface area contributed by atoms with E-state index in [9.17, 15) is 4.79 Å². The van der Waals surface area contributed by atoms with Gasteiger partial charge in [-0.1, -0.05) is 0 Å². The molecule has 0 radical (unpaired) electrons. The number of furan rings is 1. The highest BCUT2D eigenvalue weighted by molar-refractivity contribution is 9.10. The molecule has 0 aromatic carbocycles. The van der Waals surface area contributed by atoms with E-state index in [1.807, 2.05) is 0 Å². The molecule has 0 aliphatic carbocycles. The van der Waals surface area contributed by atoms with Crippen molar-refractivity contribution in [2.24, 2.45) is 0 Å². The fourth-order valence-corrected chi connectivity index (χ4v) is 2.02. The molecular formula is C12H8BrN3O3. The number of pyridine rings is 1. The van der Waals surface area contributed by atoms with Gasteiger partial charge in [0.15, 0.2) is 16.1 Å². The third-order valence-electron chi connectivity index (χ3n) is 2.56. The normalized spacial score (nSPS) is 10.8. The SMILES string of the molecule is COC(=O)c1cccn2nc(-c3ccc(Br)o3)nc12. The second-order valence-electron chi connectivity index (χ2n) is 3.72. The molecule has 0 unspecified atom stereocenters. The molecule has 3 aromatic rings. The van der Waals surface area contributed by atoms with Crippen molar-refractivity contribution < 1.29 is 13.9 Å². The number of fused-ring (bicyclic) bond motifs is 1. The van der Waals surface area contributed by atoms with E-state index < -0.39 is 5.97 Å². The van der Waals surface area contributed by atoms with E-state index in [1.54, 1.807) is 30.5 Å². The van der Waals surface area contributed by atoms with Gasteiger partial charge in [0.25, 0.3) is 0 Å². The van der Waals surface area contributed by atoms with E-state index in [0.717, 1.165) is 0 Å². The number of rotatable bonds is 2. The number of methoxy groups -OCH3 is 1. The molecule has 19 heavy (non-hydrogen) atoms.